The summed E-state index contributed by atoms with van der Waals surface area (Å²) in [7, 11) is 0. The van der Waals surface area contributed by atoms with E-state index in [-0.39, 0.29) is 23.7 Å². The van der Waals surface area contributed by atoms with Crippen LogP contribution in [0.4, 0.5) is 4.79 Å². The molecule has 1 aromatic carbocycles. The Kier molecular flexibility index (Phi) is 5.48. The van der Waals surface area contributed by atoms with Gasteiger partial charge in [-0.15, -0.1) is 0 Å². The Bertz CT molecular complexity index is 1180. The standard InChI is InChI=1S/C26H28N4O3/c1-26(2)22(18-7-4-3-5-8-18)30(25(32)33-26)20-11-9-17(10-12-20)19-15-21(24(31)29-16-19)23-27-13-6-14-28-23/h3-8,13-17,20,22H,9-12H2,1-2H3,(H,29,31)/t17?,20?,22-/m0/s1. The lowest BCUT2D eigenvalue weighted by Gasteiger charge is -2.38. The number of pyridine rings is 1. The average molecular weight is 445 g/mol. The summed E-state index contributed by atoms with van der Waals surface area (Å²) in [4.78, 5) is 38.5. The van der Waals surface area contributed by atoms with Crippen LogP contribution in [0.25, 0.3) is 11.4 Å². The van der Waals surface area contributed by atoms with Crippen molar-refractivity contribution in [2.24, 2.45) is 0 Å². The van der Waals surface area contributed by atoms with E-state index in [1.165, 1.54) is 0 Å². The number of hydrogen-bond acceptors (Lipinski definition) is 5. The van der Waals surface area contributed by atoms with Gasteiger partial charge in [-0.2, -0.15) is 0 Å². The number of carbonyl (C=O) groups excluding carboxylic acids is 1. The van der Waals surface area contributed by atoms with Crippen LogP contribution in [-0.2, 0) is 4.74 Å². The highest BCUT2D eigenvalue weighted by Gasteiger charge is 2.51. The van der Waals surface area contributed by atoms with Gasteiger partial charge in [0.25, 0.3) is 5.56 Å². The van der Waals surface area contributed by atoms with Crippen LogP contribution in [0.1, 0.15) is 62.6 Å². The number of hydrogen-bond donors (Lipinski definition) is 1. The predicted octanol–water partition coefficient (Wildman–Crippen LogP) is 4.83. The highest BCUT2D eigenvalue weighted by molar-refractivity contribution is 5.72. The molecule has 2 fully saturated rings. The highest BCUT2D eigenvalue weighted by atomic mass is 16.6. The third-order valence-corrected chi connectivity index (χ3v) is 6.91. The third kappa shape index (κ3) is 4.03. The Morgan fingerprint density at radius 2 is 1.67 bits per heavy atom. The first-order valence-electron chi connectivity index (χ1n) is 11.5. The fraction of sp³-hybridized carbons (Fsp3) is 0.385. The van der Waals surface area contributed by atoms with Gasteiger partial charge in [0, 0.05) is 24.6 Å². The van der Waals surface area contributed by atoms with Gasteiger partial charge in [-0.05, 0) is 68.7 Å². The Hall–Kier alpha value is -3.48. The Morgan fingerprint density at radius 3 is 2.36 bits per heavy atom. The van der Waals surface area contributed by atoms with E-state index < -0.39 is 5.60 Å². The summed E-state index contributed by atoms with van der Waals surface area (Å²) in [6.07, 6.45) is 8.48. The average Bonchev–Trinajstić information content (AvgIpc) is 3.08. The molecule has 1 saturated heterocycles. The fourth-order valence-corrected chi connectivity index (χ4v) is 5.36. The first kappa shape index (κ1) is 21.4. The van der Waals surface area contributed by atoms with Crippen LogP contribution in [0.3, 0.4) is 0 Å². The van der Waals surface area contributed by atoms with Crippen LogP contribution in [0.5, 0.6) is 0 Å². The summed E-state index contributed by atoms with van der Waals surface area (Å²) in [5.74, 6) is 0.740. The number of aromatic nitrogens is 3. The highest BCUT2D eigenvalue weighted by Crippen LogP contribution is 2.46. The van der Waals surface area contributed by atoms with E-state index in [2.05, 4.69) is 27.1 Å². The van der Waals surface area contributed by atoms with Crippen molar-refractivity contribution in [1.29, 1.82) is 0 Å². The summed E-state index contributed by atoms with van der Waals surface area (Å²) in [6, 6.07) is 13.8. The number of ether oxygens (including phenoxy) is 1. The number of nitrogens with zero attached hydrogens (tertiary/aromatic N) is 3. The third-order valence-electron chi connectivity index (χ3n) is 6.91. The van der Waals surface area contributed by atoms with Crippen molar-refractivity contribution in [3.05, 3.63) is 82.5 Å². The Balaban J connectivity index is 1.35. The maximum absolute atomic E-state index is 12.9. The minimum atomic E-state index is -0.585. The van der Waals surface area contributed by atoms with Gasteiger partial charge in [-0.1, -0.05) is 30.3 Å². The van der Waals surface area contributed by atoms with Gasteiger partial charge in [0.1, 0.15) is 5.60 Å². The first-order chi connectivity index (χ1) is 15.9. The lowest BCUT2D eigenvalue weighted by atomic mass is 9.80. The molecule has 1 saturated carbocycles. The summed E-state index contributed by atoms with van der Waals surface area (Å²) >= 11 is 0. The molecule has 5 rings (SSSR count). The van der Waals surface area contributed by atoms with Crippen LogP contribution in [0.2, 0.25) is 0 Å². The molecule has 2 aromatic heterocycles. The number of aromatic amines is 1. The molecule has 7 nitrogen and oxygen atoms in total. The molecule has 0 spiro atoms. The second-order valence-electron chi connectivity index (χ2n) is 9.45. The molecule has 2 aliphatic rings. The number of benzene rings is 1. The molecule has 0 unspecified atom stereocenters. The van der Waals surface area contributed by atoms with Gasteiger partial charge < -0.3 is 9.72 Å². The van der Waals surface area contributed by atoms with Gasteiger partial charge in [0.05, 0.1) is 11.6 Å². The molecule has 7 heteroatoms. The quantitative estimate of drug-likeness (QED) is 0.623. The second-order valence-corrected chi connectivity index (χ2v) is 9.45. The number of carbonyl (C=O) groups is 1. The van der Waals surface area contributed by atoms with Crippen LogP contribution in [0.15, 0.2) is 65.8 Å². The van der Waals surface area contributed by atoms with Gasteiger partial charge in [-0.25, -0.2) is 14.8 Å². The minimum Gasteiger partial charge on any atom is -0.441 e. The van der Waals surface area contributed by atoms with E-state index in [4.69, 9.17) is 4.74 Å². The minimum absolute atomic E-state index is 0.109. The molecule has 33 heavy (non-hydrogen) atoms. The molecular formula is C26H28N4O3. The number of amides is 1. The van der Waals surface area contributed by atoms with E-state index in [1.807, 2.05) is 43.0 Å². The van der Waals surface area contributed by atoms with E-state index >= 15 is 0 Å². The number of nitrogens with one attached hydrogen (secondary N) is 1. The Morgan fingerprint density at radius 1 is 0.970 bits per heavy atom. The van der Waals surface area contributed by atoms with Crippen LogP contribution in [0, 0.1) is 0 Å². The first-order valence-corrected chi connectivity index (χ1v) is 11.5. The largest absolute Gasteiger partial charge is 0.441 e. The Labute approximate surface area is 192 Å². The van der Waals surface area contributed by atoms with Crippen molar-refractivity contribution < 1.29 is 9.53 Å². The maximum atomic E-state index is 12.9. The fourth-order valence-electron chi connectivity index (χ4n) is 5.36. The summed E-state index contributed by atoms with van der Waals surface area (Å²) in [5.41, 5.74) is 1.90. The zero-order chi connectivity index (χ0) is 23.0. The van der Waals surface area contributed by atoms with Crippen LogP contribution < -0.4 is 5.56 Å². The molecule has 3 aromatic rings. The van der Waals surface area contributed by atoms with Crippen molar-refractivity contribution >= 4 is 6.09 Å². The second kappa shape index (κ2) is 8.46. The molecular weight excluding hydrogens is 416 g/mol. The van der Waals surface area contributed by atoms with Crippen molar-refractivity contribution in [3.63, 3.8) is 0 Å². The topological polar surface area (TPSA) is 88.2 Å². The lowest BCUT2D eigenvalue weighted by molar-refractivity contribution is 0.0664. The smallest absolute Gasteiger partial charge is 0.411 e. The zero-order valence-corrected chi connectivity index (χ0v) is 18.9. The maximum Gasteiger partial charge on any atom is 0.411 e. The normalized spacial score (nSPS) is 24.5. The molecule has 1 atom stereocenters. The summed E-state index contributed by atoms with van der Waals surface area (Å²) in [6.45, 7) is 3.98. The van der Waals surface area contributed by atoms with Gasteiger partial charge >= 0.3 is 6.09 Å². The summed E-state index contributed by atoms with van der Waals surface area (Å²) in [5, 5.41) is 0. The summed E-state index contributed by atoms with van der Waals surface area (Å²) < 4.78 is 5.80. The predicted molar refractivity (Wildman–Crippen MR) is 125 cm³/mol. The monoisotopic (exact) mass is 444 g/mol. The van der Waals surface area contributed by atoms with Crippen molar-refractivity contribution in [2.75, 3.05) is 0 Å². The molecule has 1 amide bonds. The van der Waals surface area contributed by atoms with E-state index in [9.17, 15) is 9.59 Å². The molecule has 1 N–H and O–H groups in total. The SMILES string of the molecule is CC1(C)OC(=O)N(C2CCC(c3c[nH]c(=O)c(-c4ncccn4)c3)CC2)[C@H]1c1ccccc1. The van der Waals surface area contributed by atoms with Gasteiger partial charge in [0.15, 0.2) is 5.82 Å². The number of H-pyrrole nitrogens is 1. The van der Waals surface area contributed by atoms with E-state index in [1.54, 1.807) is 24.7 Å². The van der Waals surface area contributed by atoms with E-state index in [0.717, 1.165) is 36.8 Å². The molecule has 170 valence electrons. The number of cyclic esters (lactones) is 1. The zero-order valence-electron chi connectivity index (χ0n) is 18.9. The van der Waals surface area contributed by atoms with Crippen molar-refractivity contribution in [3.8, 4) is 11.4 Å². The van der Waals surface area contributed by atoms with Crippen molar-refractivity contribution in [2.45, 2.75) is 63.1 Å². The molecule has 1 aliphatic carbocycles. The molecule has 0 radical (unpaired) electrons. The van der Waals surface area contributed by atoms with Gasteiger partial charge in [-0.3, -0.25) is 9.69 Å². The van der Waals surface area contributed by atoms with Crippen molar-refractivity contribution in [1.82, 2.24) is 19.9 Å². The van der Waals surface area contributed by atoms with Crippen LogP contribution in [-0.4, -0.2) is 37.6 Å². The molecule has 3 heterocycles. The molecule has 1 aliphatic heterocycles. The molecule has 0 bridgehead atoms. The van der Waals surface area contributed by atoms with E-state index in [0.29, 0.717) is 17.3 Å². The lowest BCUT2D eigenvalue weighted by Crippen LogP contribution is -2.42. The van der Waals surface area contributed by atoms with Crippen LogP contribution >= 0.6 is 0 Å². The van der Waals surface area contributed by atoms with Gasteiger partial charge in [0.2, 0.25) is 0 Å². The number of rotatable bonds is 4.